The number of rotatable bonds is 11. The van der Waals surface area contributed by atoms with Gasteiger partial charge in [0.1, 0.15) is 24.7 Å². The number of anilines is 1. The van der Waals surface area contributed by atoms with Gasteiger partial charge >= 0.3 is 19.4 Å². The van der Waals surface area contributed by atoms with E-state index in [1.165, 1.54) is 13.3 Å². The normalized spacial score (nSPS) is 22.3. The number of aryl methyl sites for hydroxylation is 1. The molecule has 1 aromatic heterocycles. The Kier molecular flexibility index (Phi) is 9.34. The quantitative estimate of drug-likeness (QED) is 0.285. The smallest absolute Gasteiger partial charge is 0.406 e. The number of nitrogens with zero attached hydrogens (tertiary/aromatic N) is 3. The van der Waals surface area contributed by atoms with Crippen LogP contribution in [0.3, 0.4) is 0 Å². The number of nitrogens with one attached hydrogen (secondary N) is 1. The lowest BCUT2D eigenvalue weighted by Gasteiger charge is -2.25. The van der Waals surface area contributed by atoms with Crippen LogP contribution >= 0.6 is 7.75 Å². The number of benzene rings is 1. The third-order valence-corrected chi connectivity index (χ3v) is 7.04. The average Bonchev–Trinajstić information content (AvgIpc) is 3.17. The van der Waals surface area contributed by atoms with Crippen LogP contribution in [0.4, 0.5) is 5.95 Å². The first-order valence-corrected chi connectivity index (χ1v) is 13.0. The standard InChI is InChI=1S/C22H32N5O8P/c1-13(2)34-20(29)15(4)26-36(31,32-10-16-8-6-5-7-14(16)3)33-11-18-17(28)9-19(35-18)27-12-24-21(23)25-22(27)30/h5-8,12-13,15,17-19,28H,9-11H2,1-4H3,(H,26,31)(H2,23,25,30)/t15-,17?,18?,19?,36-/m0/s1. The summed E-state index contributed by atoms with van der Waals surface area (Å²) >= 11 is 0. The van der Waals surface area contributed by atoms with Crippen LogP contribution in [0.25, 0.3) is 0 Å². The number of aliphatic hydroxyl groups is 1. The van der Waals surface area contributed by atoms with Gasteiger partial charge in [-0.05, 0) is 38.8 Å². The Labute approximate surface area is 208 Å². The van der Waals surface area contributed by atoms with Crippen molar-refractivity contribution in [2.75, 3.05) is 12.3 Å². The first-order valence-electron chi connectivity index (χ1n) is 11.4. The number of carbonyl (C=O) groups is 1. The molecule has 2 aromatic rings. The highest BCUT2D eigenvalue weighted by Gasteiger charge is 2.39. The molecule has 5 atom stereocenters. The second kappa shape index (κ2) is 12.0. The summed E-state index contributed by atoms with van der Waals surface area (Å²) in [4.78, 5) is 31.7. The molecule has 14 heteroatoms. The summed E-state index contributed by atoms with van der Waals surface area (Å²) in [7, 11) is -4.10. The van der Waals surface area contributed by atoms with E-state index in [1.807, 2.05) is 31.2 Å². The molecule has 1 aromatic carbocycles. The highest BCUT2D eigenvalue weighted by Crippen LogP contribution is 2.46. The topological polar surface area (TPSA) is 177 Å². The Morgan fingerprint density at radius 2 is 2.06 bits per heavy atom. The van der Waals surface area contributed by atoms with E-state index in [0.29, 0.717) is 0 Å². The third kappa shape index (κ3) is 7.42. The third-order valence-electron chi connectivity index (χ3n) is 5.38. The second-order valence-corrected chi connectivity index (χ2v) is 10.4. The van der Waals surface area contributed by atoms with Crippen LogP contribution in [0.1, 0.15) is 44.5 Å². The molecule has 1 aliphatic rings. The molecule has 1 fully saturated rings. The molecule has 198 valence electrons. The predicted octanol–water partition coefficient (Wildman–Crippen LogP) is 1.45. The van der Waals surface area contributed by atoms with E-state index in [1.54, 1.807) is 13.8 Å². The highest BCUT2D eigenvalue weighted by molar-refractivity contribution is 7.51. The number of esters is 1. The zero-order valence-electron chi connectivity index (χ0n) is 20.6. The van der Waals surface area contributed by atoms with Crippen molar-refractivity contribution < 1.29 is 33.0 Å². The number of aromatic nitrogens is 3. The van der Waals surface area contributed by atoms with Crippen molar-refractivity contribution in [3.63, 3.8) is 0 Å². The van der Waals surface area contributed by atoms with Crippen LogP contribution < -0.4 is 16.5 Å². The van der Waals surface area contributed by atoms with E-state index in [2.05, 4.69) is 15.1 Å². The van der Waals surface area contributed by atoms with Crippen LogP contribution in [0.15, 0.2) is 35.4 Å². The fourth-order valence-electron chi connectivity index (χ4n) is 3.42. The minimum absolute atomic E-state index is 0.0418. The van der Waals surface area contributed by atoms with Crippen LogP contribution in [0.2, 0.25) is 0 Å². The molecular formula is C22H32N5O8P. The summed E-state index contributed by atoms with van der Waals surface area (Å²) in [6.45, 7) is 6.34. The van der Waals surface area contributed by atoms with Crippen molar-refractivity contribution in [1.82, 2.24) is 19.6 Å². The molecule has 3 unspecified atom stereocenters. The van der Waals surface area contributed by atoms with Crippen molar-refractivity contribution in [1.29, 1.82) is 0 Å². The molecule has 2 heterocycles. The second-order valence-electron chi connectivity index (χ2n) is 8.67. The maximum Gasteiger partial charge on any atom is 0.406 e. The first kappa shape index (κ1) is 27.9. The summed E-state index contributed by atoms with van der Waals surface area (Å²) in [5.74, 6) is -0.814. The molecule has 13 nitrogen and oxygen atoms in total. The molecule has 1 saturated heterocycles. The SMILES string of the molecule is Cc1ccccc1CO[P@@](=O)(N[C@@H](C)C(=O)OC(C)C)OCC1OC(n2cnc(N)nc2=O)CC1O. The number of hydrogen-bond acceptors (Lipinski definition) is 11. The van der Waals surface area contributed by atoms with E-state index in [0.717, 1.165) is 15.7 Å². The number of carbonyl (C=O) groups excluding carboxylic acids is 1. The average molecular weight is 525 g/mol. The molecule has 0 radical (unpaired) electrons. The van der Waals surface area contributed by atoms with Crippen molar-refractivity contribution in [3.05, 3.63) is 52.2 Å². The van der Waals surface area contributed by atoms with Crippen molar-refractivity contribution in [3.8, 4) is 0 Å². The van der Waals surface area contributed by atoms with E-state index in [9.17, 15) is 19.3 Å². The van der Waals surface area contributed by atoms with E-state index in [-0.39, 0.29) is 31.7 Å². The molecule has 0 saturated carbocycles. The van der Waals surface area contributed by atoms with Gasteiger partial charge in [0.2, 0.25) is 5.95 Å². The summed E-state index contributed by atoms with van der Waals surface area (Å²) in [6.07, 6.45) is -2.02. The maximum absolute atomic E-state index is 13.6. The molecule has 0 bridgehead atoms. The molecule has 4 N–H and O–H groups in total. The van der Waals surface area contributed by atoms with Gasteiger partial charge in [0.15, 0.2) is 0 Å². The van der Waals surface area contributed by atoms with E-state index >= 15 is 0 Å². The van der Waals surface area contributed by atoms with Gasteiger partial charge in [0, 0.05) is 6.42 Å². The molecule has 0 spiro atoms. The van der Waals surface area contributed by atoms with E-state index < -0.39 is 43.9 Å². The molecule has 36 heavy (non-hydrogen) atoms. The lowest BCUT2D eigenvalue weighted by Crippen LogP contribution is -2.36. The summed E-state index contributed by atoms with van der Waals surface area (Å²) in [6, 6.07) is 6.37. The summed E-state index contributed by atoms with van der Waals surface area (Å²) in [5, 5.41) is 13.1. The fourth-order valence-corrected chi connectivity index (χ4v) is 4.88. The van der Waals surface area contributed by atoms with Gasteiger partial charge in [-0.3, -0.25) is 18.4 Å². The number of nitrogen functional groups attached to an aromatic ring is 1. The lowest BCUT2D eigenvalue weighted by molar-refractivity contribution is -0.149. The van der Waals surface area contributed by atoms with Gasteiger partial charge in [0.25, 0.3) is 0 Å². The molecule has 0 amide bonds. The molecule has 1 aliphatic heterocycles. The fraction of sp³-hybridized carbons (Fsp3) is 0.545. The zero-order valence-corrected chi connectivity index (χ0v) is 21.5. The van der Waals surface area contributed by atoms with Crippen LogP contribution in [-0.4, -0.2) is 56.6 Å². The Morgan fingerprint density at radius 1 is 1.33 bits per heavy atom. The minimum Gasteiger partial charge on any atom is -0.462 e. The first-order chi connectivity index (χ1) is 17.0. The monoisotopic (exact) mass is 525 g/mol. The van der Waals surface area contributed by atoms with Gasteiger partial charge in [-0.1, -0.05) is 24.3 Å². The number of nitrogens with two attached hydrogens (primary N) is 1. The summed E-state index contributed by atoms with van der Waals surface area (Å²) in [5.41, 5.74) is 6.43. The Hall–Kier alpha value is -2.67. The van der Waals surface area contributed by atoms with Crippen molar-refractivity contribution in [2.45, 2.75) is 71.3 Å². The zero-order chi connectivity index (χ0) is 26.5. The Bertz CT molecular complexity index is 1160. The molecule has 0 aliphatic carbocycles. The number of ether oxygens (including phenoxy) is 2. The molecular weight excluding hydrogens is 493 g/mol. The largest absolute Gasteiger partial charge is 0.462 e. The van der Waals surface area contributed by atoms with Crippen molar-refractivity contribution in [2.24, 2.45) is 0 Å². The van der Waals surface area contributed by atoms with Crippen molar-refractivity contribution >= 4 is 19.7 Å². The minimum atomic E-state index is -4.10. The Balaban J connectivity index is 1.70. The Morgan fingerprint density at radius 3 is 2.72 bits per heavy atom. The van der Waals surface area contributed by atoms with Gasteiger partial charge < -0.3 is 20.3 Å². The lowest BCUT2D eigenvalue weighted by atomic mass is 10.1. The highest BCUT2D eigenvalue weighted by atomic mass is 31.2. The predicted molar refractivity (Wildman–Crippen MR) is 129 cm³/mol. The number of hydrogen-bond donors (Lipinski definition) is 3. The van der Waals surface area contributed by atoms with Gasteiger partial charge in [0.05, 0.1) is 25.4 Å². The van der Waals surface area contributed by atoms with Crippen LogP contribution in [-0.2, 0) is 34.5 Å². The van der Waals surface area contributed by atoms with Crippen LogP contribution in [0.5, 0.6) is 0 Å². The number of aliphatic hydroxyl groups excluding tert-OH is 1. The van der Waals surface area contributed by atoms with Gasteiger partial charge in [-0.15, -0.1) is 0 Å². The van der Waals surface area contributed by atoms with Gasteiger partial charge in [-0.2, -0.15) is 4.98 Å². The van der Waals surface area contributed by atoms with Crippen LogP contribution in [0, 0.1) is 6.92 Å². The molecule has 3 rings (SSSR count). The van der Waals surface area contributed by atoms with Gasteiger partial charge in [-0.25, -0.2) is 19.4 Å². The van der Waals surface area contributed by atoms with E-state index in [4.69, 9.17) is 24.3 Å². The maximum atomic E-state index is 13.6. The summed E-state index contributed by atoms with van der Waals surface area (Å²) < 4.78 is 36.9.